The second-order valence-electron chi connectivity index (χ2n) is 8.05. The Bertz CT molecular complexity index is 1220. The molecule has 1 aliphatic rings. The third-order valence-electron chi connectivity index (χ3n) is 6.01. The summed E-state index contributed by atoms with van der Waals surface area (Å²) in [5, 5.41) is 0. The second kappa shape index (κ2) is 8.27. The van der Waals surface area contributed by atoms with E-state index in [9.17, 15) is 4.79 Å². The lowest BCUT2D eigenvalue weighted by Gasteiger charge is -2.31. The first-order valence-electron chi connectivity index (χ1n) is 10.6. The topological polar surface area (TPSA) is 61.9 Å². The molecule has 0 atom stereocenters. The van der Waals surface area contributed by atoms with Gasteiger partial charge >= 0.3 is 0 Å². The number of H-pyrrole nitrogens is 1. The van der Waals surface area contributed by atoms with Crippen molar-refractivity contribution < 1.29 is 4.79 Å². The van der Waals surface area contributed by atoms with E-state index in [-0.39, 0.29) is 5.91 Å². The van der Waals surface area contributed by atoms with Gasteiger partial charge in [-0.2, -0.15) is 0 Å². The number of aromatic nitrogens is 3. The number of imidazole rings is 1. The first kappa shape index (κ1) is 19.9. The van der Waals surface area contributed by atoms with Crippen LogP contribution < -0.4 is 0 Å². The third-order valence-corrected chi connectivity index (χ3v) is 6.51. The van der Waals surface area contributed by atoms with Crippen LogP contribution in [0.5, 0.6) is 0 Å². The van der Waals surface area contributed by atoms with Crippen molar-refractivity contribution in [1.29, 1.82) is 0 Å². The van der Waals surface area contributed by atoms with E-state index in [0.717, 1.165) is 64.2 Å². The molecule has 31 heavy (non-hydrogen) atoms. The predicted octanol–water partition coefficient (Wildman–Crippen LogP) is 5.72. The number of para-hydroxylation sites is 2. The lowest BCUT2D eigenvalue weighted by atomic mass is 9.95. The summed E-state index contributed by atoms with van der Waals surface area (Å²) in [5.41, 5.74) is 5.43. The number of amides is 1. The van der Waals surface area contributed by atoms with E-state index in [1.165, 1.54) is 0 Å². The quantitative estimate of drug-likeness (QED) is 0.413. The number of nitrogens with zero attached hydrogens (tertiary/aromatic N) is 3. The lowest BCUT2D eigenvalue weighted by molar-refractivity contribution is 0.0710. The highest BCUT2D eigenvalue weighted by Crippen LogP contribution is 2.29. The molecule has 5 nitrogen and oxygen atoms in total. The van der Waals surface area contributed by atoms with Gasteiger partial charge in [0.2, 0.25) is 0 Å². The van der Waals surface area contributed by atoms with Gasteiger partial charge in [0.25, 0.3) is 5.91 Å². The summed E-state index contributed by atoms with van der Waals surface area (Å²) in [5.74, 6) is 1.45. The average Bonchev–Trinajstić information content (AvgIpc) is 3.23. The minimum atomic E-state index is 0.0637. The molecule has 0 radical (unpaired) electrons. The normalized spacial score (nSPS) is 14.8. The molecule has 5 rings (SSSR count). The summed E-state index contributed by atoms with van der Waals surface area (Å²) in [6.07, 6.45) is 1.82. The van der Waals surface area contributed by atoms with Crippen molar-refractivity contribution in [2.45, 2.75) is 25.7 Å². The fourth-order valence-corrected chi connectivity index (χ4v) is 4.69. The average molecular weight is 475 g/mol. The zero-order chi connectivity index (χ0) is 21.4. The van der Waals surface area contributed by atoms with Crippen LogP contribution in [0.15, 0.2) is 65.1 Å². The Kier molecular flexibility index (Phi) is 5.32. The molecule has 0 saturated carbocycles. The van der Waals surface area contributed by atoms with Crippen LogP contribution in [-0.2, 0) is 0 Å². The van der Waals surface area contributed by atoms with Crippen LogP contribution in [0.25, 0.3) is 22.3 Å². The van der Waals surface area contributed by atoms with Crippen molar-refractivity contribution in [1.82, 2.24) is 19.9 Å². The van der Waals surface area contributed by atoms with E-state index in [1.807, 2.05) is 66.4 Å². The summed E-state index contributed by atoms with van der Waals surface area (Å²) < 4.78 is 1.01. The Morgan fingerprint density at radius 1 is 1.03 bits per heavy atom. The number of pyridine rings is 1. The third kappa shape index (κ3) is 4.00. The molecule has 0 spiro atoms. The Hall–Kier alpha value is -2.99. The number of likely N-dealkylation sites (tertiary alicyclic amines) is 1. The predicted molar refractivity (Wildman–Crippen MR) is 126 cm³/mol. The molecule has 1 aliphatic heterocycles. The molecular formula is C25H23BrN4O. The van der Waals surface area contributed by atoms with E-state index in [1.54, 1.807) is 0 Å². The Labute approximate surface area is 189 Å². The zero-order valence-electron chi connectivity index (χ0n) is 17.3. The summed E-state index contributed by atoms with van der Waals surface area (Å²) in [6, 6.07) is 20.0. The SMILES string of the molecule is Cc1nc(-c2cccc(Br)c2)ccc1C(=O)N1CCC(c2nc3ccccc3[nH]2)CC1. The zero-order valence-corrected chi connectivity index (χ0v) is 18.9. The number of halogens is 1. The highest BCUT2D eigenvalue weighted by molar-refractivity contribution is 9.10. The molecule has 1 saturated heterocycles. The van der Waals surface area contributed by atoms with E-state index in [4.69, 9.17) is 9.97 Å². The van der Waals surface area contributed by atoms with Gasteiger partial charge in [0.15, 0.2) is 0 Å². The minimum Gasteiger partial charge on any atom is -0.342 e. The van der Waals surface area contributed by atoms with Gasteiger partial charge in [-0.05, 0) is 56.2 Å². The Balaban J connectivity index is 1.29. The number of hydrogen-bond acceptors (Lipinski definition) is 3. The van der Waals surface area contributed by atoms with Crippen molar-refractivity contribution in [2.24, 2.45) is 0 Å². The van der Waals surface area contributed by atoms with Crippen LogP contribution in [0.1, 0.15) is 40.6 Å². The molecule has 1 amide bonds. The maximum atomic E-state index is 13.2. The lowest BCUT2D eigenvalue weighted by Crippen LogP contribution is -2.38. The molecule has 0 bridgehead atoms. The molecule has 2 aromatic carbocycles. The molecule has 4 aromatic rings. The van der Waals surface area contributed by atoms with E-state index < -0.39 is 0 Å². The Morgan fingerprint density at radius 2 is 1.84 bits per heavy atom. The molecule has 1 fully saturated rings. The van der Waals surface area contributed by atoms with E-state index >= 15 is 0 Å². The molecule has 3 heterocycles. The summed E-state index contributed by atoms with van der Waals surface area (Å²) >= 11 is 3.50. The van der Waals surface area contributed by atoms with Crippen LogP contribution in [0, 0.1) is 6.92 Å². The summed E-state index contributed by atoms with van der Waals surface area (Å²) in [7, 11) is 0. The van der Waals surface area contributed by atoms with Crippen molar-refractivity contribution in [3.63, 3.8) is 0 Å². The number of benzene rings is 2. The molecule has 2 aromatic heterocycles. The van der Waals surface area contributed by atoms with Gasteiger partial charge in [-0.25, -0.2) is 4.98 Å². The number of rotatable bonds is 3. The van der Waals surface area contributed by atoms with Gasteiger partial charge in [0.05, 0.1) is 28.0 Å². The van der Waals surface area contributed by atoms with Gasteiger partial charge in [-0.1, -0.05) is 40.2 Å². The van der Waals surface area contributed by atoms with Crippen LogP contribution >= 0.6 is 15.9 Å². The molecule has 1 N–H and O–H groups in total. The number of aromatic amines is 1. The van der Waals surface area contributed by atoms with Crippen molar-refractivity contribution in [3.05, 3.63) is 82.2 Å². The molecule has 156 valence electrons. The molecule has 6 heteroatoms. The van der Waals surface area contributed by atoms with Gasteiger partial charge in [0, 0.05) is 29.0 Å². The van der Waals surface area contributed by atoms with Crippen molar-refractivity contribution >= 4 is 32.9 Å². The maximum absolute atomic E-state index is 13.2. The van der Waals surface area contributed by atoms with E-state index in [0.29, 0.717) is 11.5 Å². The van der Waals surface area contributed by atoms with Gasteiger partial charge < -0.3 is 9.88 Å². The highest BCUT2D eigenvalue weighted by atomic mass is 79.9. The fraction of sp³-hybridized carbons (Fsp3) is 0.240. The van der Waals surface area contributed by atoms with Gasteiger partial charge in [-0.3, -0.25) is 9.78 Å². The monoisotopic (exact) mass is 474 g/mol. The number of carbonyl (C=O) groups excluding carboxylic acids is 1. The van der Waals surface area contributed by atoms with Gasteiger partial charge in [-0.15, -0.1) is 0 Å². The first-order chi connectivity index (χ1) is 15.1. The molecular weight excluding hydrogens is 452 g/mol. The van der Waals surface area contributed by atoms with Crippen LogP contribution in [0.2, 0.25) is 0 Å². The number of nitrogens with one attached hydrogen (secondary N) is 1. The fourth-order valence-electron chi connectivity index (χ4n) is 4.29. The number of hydrogen-bond donors (Lipinski definition) is 1. The largest absolute Gasteiger partial charge is 0.342 e. The molecule has 0 unspecified atom stereocenters. The minimum absolute atomic E-state index is 0.0637. The van der Waals surface area contributed by atoms with E-state index in [2.05, 4.69) is 27.0 Å². The second-order valence-corrected chi connectivity index (χ2v) is 8.96. The van der Waals surface area contributed by atoms with Crippen molar-refractivity contribution in [2.75, 3.05) is 13.1 Å². The van der Waals surface area contributed by atoms with Crippen LogP contribution in [0.4, 0.5) is 0 Å². The number of fused-ring (bicyclic) bond motifs is 1. The smallest absolute Gasteiger partial charge is 0.255 e. The standard InChI is InChI=1S/C25H23BrN4O/c1-16-20(9-10-21(27-16)18-5-4-6-19(26)15-18)25(31)30-13-11-17(12-14-30)24-28-22-7-2-3-8-23(22)29-24/h2-10,15,17H,11-14H2,1H3,(H,28,29). The molecule has 0 aliphatic carbocycles. The van der Waals surface area contributed by atoms with Crippen LogP contribution in [0.3, 0.4) is 0 Å². The first-order valence-corrected chi connectivity index (χ1v) is 11.4. The number of carbonyl (C=O) groups is 1. The number of aryl methyl sites for hydroxylation is 1. The van der Waals surface area contributed by atoms with Gasteiger partial charge in [0.1, 0.15) is 5.82 Å². The summed E-state index contributed by atoms with van der Waals surface area (Å²) in [6.45, 7) is 3.37. The highest BCUT2D eigenvalue weighted by Gasteiger charge is 2.27. The van der Waals surface area contributed by atoms with Crippen molar-refractivity contribution in [3.8, 4) is 11.3 Å². The number of piperidine rings is 1. The Morgan fingerprint density at radius 3 is 2.58 bits per heavy atom. The summed E-state index contributed by atoms with van der Waals surface area (Å²) in [4.78, 5) is 28.0. The van der Waals surface area contributed by atoms with Crippen LogP contribution in [-0.4, -0.2) is 38.8 Å². The maximum Gasteiger partial charge on any atom is 0.255 e.